The molecule has 1 fully saturated rings. The van der Waals surface area contributed by atoms with Gasteiger partial charge in [0.05, 0.1) is 11.1 Å². The minimum atomic E-state index is -0.373. The summed E-state index contributed by atoms with van der Waals surface area (Å²) in [6, 6.07) is 13.2. The van der Waals surface area contributed by atoms with E-state index in [0.29, 0.717) is 10.6 Å². The first-order chi connectivity index (χ1) is 14.6. The highest BCUT2D eigenvalue weighted by Crippen LogP contribution is 2.41. The number of anilines is 1. The van der Waals surface area contributed by atoms with Crippen LogP contribution in [0.25, 0.3) is 10.4 Å². The molecule has 2 amide bonds. The Labute approximate surface area is 184 Å². The number of amides is 2. The van der Waals surface area contributed by atoms with Crippen molar-refractivity contribution in [3.8, 4) is 10.4 Å². The van der Waals surface area contributed by atoms with Crippen LogP contribution in [0, 0.1) is 6.92 Å². The number of carbonyl (C=O) groups excluding carboxylic acids is 2. The van der Waals surface area contributed by atoms with Crippen molar-refractivity contribution in [1.82, 2.24) is 9.88 Å². The maximum Gasteiger partial charge on any atom is 0.259 e. The molecule has 0 bridgehead atoms. The fraction of sp³-hybridized carbons (Fsp3) is 0.261. The summed E-state index contributed by atoms with van der Waals surface area (Å²) in [7, 11) is 0. The van der Waals surface area contributed by atoms with Crippen molar-refractivity contribution < 1.29 is 9.59 Å². The van der Waals surface area contributed by atoms with Gasteiger partial charge in [0, 0.05) is 24.2 Å². The van der Waals surface area contributed by atoms with E-state index >= 15 is 0 Å². The van der Waals surface area contributed by atoms with E-state index in [2.05, 4.69) is 10.3 Å². The van der Waals surface area contributed by atoms with E-state index in [1.165, 1.54) is 17.5 Å². The van der Waals surface area contributed by atoms with Gasteiger partial charge in [0.1, 0.15) is 10.2 Å². The van der Waals surface area contributed by atoms with Gasteiger partial charge in [0.15, 0.2) is 0 Å². The summed E-state index contributed by atoms with van der Waals surface area (Å²) in [5.74, 6) is -0.403. The lowest BCUT2D eigenvalue weighted by molar-refractivity contribution is 0.0725. The standard InChI is InChI=1S/C23H22ClN3O2S/c1-15-18(23(29)27-13-6-3-7-14-27)22(30-19(15)16-9-4-2-5-10-16)26-21(28)17-11-8-12-25-20(17)24/h2,4-5,8-12H,3,6-7,13-14H2,1H3,(H,26,28). The molecule has 1 saturated heterocycles. The third-order valence-electron chi connectivity index (χ3n) is 5.27. The topological polar surface area (TPSA) is 62.3 Å². The molecule has 30 heavy (non-hydrogen) atoms. The van der Waals surface area contributed by atoms with Gasteiger partial charge in [-0.05, 0) is 49.4 Å². The monoisotopic (exact) mass is 439 g/mol. The molecular formula is C23H22ClN3O2S. The number of carbonyl (C=O) groups is 2. The molecule has 4 rings (SSSR count). The van der Waals surface area contributed by atoms with Gasteiger partial charge in [0.25, 0.3) is 11.8 Å². The molecular weight excluding hydrogens is 418 g/mol. The molecule has 1 N–H and O–H groups in total. The molecule has 3 heterocycles. The molecule has 0 radical (unpaired) electrons. The van der Waals surface area contributed by atoms with Crippen LogP contribution >= 0.6 is 22.9 Å². The molecule has 2 aromatic heterocycles. The quantitative estimate of drug-likeness (QED) is 0.534. The number of hydrogen-bond donors (Lipinski definition) is 1. The maximum absolute atomic E-state index is 13.4. The van der Waals surface area contributed by atoms with Gasteiger partial charge in [-0.3, -0.25) is 9.59 Å². The Hall–Kier alpha value is -2.70. The number of benzene rings is 1. The van der Waals surface area contributed by atoms with E-state index in [9.17, 15) is 9.59 Å². The Balaban J connectivity index is 1.75. The SMILES string of the molecule is Cc1c(-c2ccccc2)sc(NC(=O)c2cccnc2Cl)c1C(=O)N1CCCCC1. The highest BCUT2D eigenvalue weighted by molar-refractivity contribution is 7.20. The number of hydrogen-bond acceptors (Lipinski definition) is 4. The van der Waals surface area contributed by atoms with Crippen molar-refractivity contribution in [2.24, 2.45) is 0 Å². The molecule has 154 valence electrons. The molecule has 5 nitrogen and oxygen atoms in total. The second-order valence-electron chi connectivity index (χ2n) is 7.28. The van der Waals surface area contributed by atoms with Crippen LogP contribution in [0.2, 0.25) is 5.15 Å². The zero-order valence-corrected chi connectivity index (χ0v) is 18.2. The van der Waals surface area contributed by atoms with Crippen molar-refractivity contribution in [2.45, 2.75) is 26.2 Å². The van der Waals surface area contributed by atoms with Gasteiger partial charge in [0.2, 0.25) is 0 Å². The van der Waals surface area contributed by atoms with E-state index in [-0.39, 0.29) is 22.5 Å². The first-order valence-corrected chi connectivity index (χ1v) is 11.2. The minimum absolute atomic E-state index is 0.0294. The Morgan fingerprint density at radius 3 is 2.50 bits per heavy atom. The highest BCUT2D eigenvalue weighted by atomic mass is 35.5. The first kappa shape index (κ1) is 20.6. The highest BCUT2D eigenvalue weighted by Gasteiger charge is 2.28. The van der Waals surface area contributed by atoms with Gasteiger partial charge in [-0.1, -0.05) is 41.9 Å². The van der Waals surface area contributed by atoms with Gasteiger partial charge in [-0.15, -0.1) is 11.3 Å². The molecule has 0 atom stereocenters. The summed E-state index contributed by atoms with van der Waals surface area (Å²) in [6.07, 6.45) is 4.69. The number of nitrogens with one attached hydrogen (secondary N) is 1. The molecule has 1 aliphatic heterocycles. The molecule has 7 heteroatoms. The van der Waals surface area contributed by atoms with Gasteiger partial charge < -0.3 is 10.2 Å². The first-order valence-electron chi connectivity index (χ1n) is 9.96. The Bertz CT molecular complexity index is 1080. The number of rotatable bonds is 4. The van der Waals surface area contributed by atoms with Crippen LogP contribution in [0.15, 0.2) is 48.7 Å². The van der Waals surface area contributed by atoms with Crippen LogP contribution < -0.4 is 5.32 Å². The Kier molecular flexibility index (Phi) is 6.16. The molecule has 0 unspecified atom stereocenters. The molecule has 1 aromatic carbocycles. The van der Waals surface area contributed by atoms with Crippen LogP contribution in [0.4, 0.5) is 5.00 Å². The predicted molar refractivity (Wildman–Crippen MR) is 121 cm³/mol. The zero-order valence-electron chi connectivity index (χ0n) is 16.7. The van der Waals surface area contributed by atoms with E-state index in [1.54, 1.807) is 12.1 Å². The van der Waals surface area contributed by atoms with Gasteiger partial charge in [-0.25, -0.2) is 4.98 Å². The smallest absolute Gasteiger partial charge is 0.259 e. The number of pyridine rings is 1. The molecule has 0 saturated carbocycles. The van der Waals surface area contributed by atoms with Crippen LogP contribution in [-0.4, -0.2) is 34.8 Å². The third kappa shape index (κ3) is 4.11. The van der Waals surface area contributed by atoms with Crippen molar-refractivity contribution in [1.29, 1.82) is 0 Å². The third-order valence-corrected chi connectivity index (χ3v) is 6.83. The fourth-order valence-corrected chi connectivity index (χ4v) is 5.11. The lowest BCUT2D eigenvalue weighted by Crippen LogP contribution is -2.36. The summed E-state index contributed by atoms with van der Waals surface area (Å²) in [6.45, 7) is 3.44. The lowest BCUT2D eigenvalue weighted by Gasteiger charge is -2.27. The number of thiophene rings is 1. The second-order valence-corrected chi connectivity index (χ2v) is 8.65. The van der Waals surface area contributed by atoms with Crippen molar-refractivity contribution in [3.05, 3.63) is 70.5 Å². The molecule has 0 aliphatic carbocycles. The number of likely N-dealkylation sites (tertiary alicyclic amines) is 1. The summed E-state index contributed by atoms with van der Waals surface area (Å²) in [5, 5.41) is 3.61. The van der Waals surface area contributed by atoms with Crippen molar-refractivity contribution >= 4 is 39.8 Å². The average Bonchev–Trinajstić information content (AvgIpc) is 3.10. The largest absolute Gasteiger partial charge is 0.339 e. The normalized spacial score (nSPS) is 13.9. The molecule has 1 aliphatic rings. The minimum Gasteiger partial charge on any atom is -0.339 e. The average molecular weight is 440 g/mol. The van der Waals surface area contributed by atoms with E-state index in [0.717, 1.165) is 48.4 Å². The Morgan fingerprint density at radius 2 is 1.80 bits per heavy atom. The number of halogens is 1. The van der Waals surface area contributed by atoms with Crippen LogP contribution in [0.1, 0.15) is 45.5 Å². The van der Waals surface area contributed by atoms with Gasteiger partial charge in [-0.2, -0.15) is 0 Å². The zero-order chi connectivity index (χ0) is 21.1. The predicted octanol–water partition coefficient (Wildman–Crippen LogP) is 5.65. The van der Waals surface area contributed by atoms with Gasteiger partial charge >= 0.3 is 0 Å². The summed E-state index contributed by atoms with van der Waals surface area (Å²) < 4.78 is 0. The lowest BCUT2D eigenvalue weighted by atomic mass is 10.0. The van der Waals surface area contributed by atoms with E-state index in [1.807, 2.05) is 42.2 Å². The summed E-state index contributed by atoms with van der Waals surface area (Å²) in [4.78, 5) is 33.1. The van der Waals surface area contributed by atoms with Crippen LogP contribution in [-0.2, 0) is 0 Å². The number of nitrogens with zero attached hydrogens (tertiary/aromatic N) is 2. The second kappa shape index (κ2) is 8.98. The van der Waals surface area contributed by atoms with Crippen LogP contribution in [0.5, 0.6) is 0 Å². The van der Waals surface area contributed by atoms with Crippen molar-refractivity contribution in [2.75, 3.05) is 18.4 Å². The fourth-order valence-electron chi connectivity index (χ4n) is 3.70. The summed E-state index contributed by atoms with van der Waals surface area (Å²) >= 11 is 7.52. The molecule has 3 aromatic rings. The van der Waals surface area contributed by atoms with E-state index < -0.39 is 0 Å². The van der Waals surface area contributed by atoms with E-state index in [4.69, 9.17) is 11.6 Å². The number of aromatic nitrogens is 1. The van der Waals surface area contributed by atoms with Crippen LogP contribution in [0.3, 0.4) is 0 Å². The summed E-state index contributed by atoms with van der Waals surface area (Å²) in [5.41, 5.74) is 2.75. The maximum atomic E-state index is 13.4. The Morgan fingerprint density at radius 1 is 1.07 bits per heavy atom. The molecule has 0 spiro atoms. The number of piperidine rings is 1. The van der Waals surface area contributed by atoms with Crippen molar-refractivity contribution in [3.63, 3.8) is 0 Å².